The molecule has 0 bridgehead atoms. The number of ether oxygens (including phenoxy) is 1. The monoisotopic (exact) mass is 479 g/mol. The van der Waals surface area contributed by atoms with Crippen molar-refractivity contribution in [3.05, 3.63) is 106 Å². The van der Waals surface area contributed by atoms with Crippen molar-refractivity contribution in [1.29, 1.82) is 0 Å². The van der Waals surface area contributed by atoms with Crippen molar-refractivity contribution >= 4 is 21.9 Å². The zero-order valence-electron chi connectivity index (χ0n) is 18.4. The second-order valence-corrected chi connectivity index (χ2v) is 8.75. The number of halogens is 1. The lowest BCUT2D eigenvalue weighted by molar-refractivity contribution is -0.145. The molecular formula is C27H30BrNO2. The first-order valence-corrected chi connectivity index (χ1v) is 11.5. The van der Waals surface area contributed by atoms with Gasteiger partial charge in [-0.1, -0.05) is 82.7 Å². The summed E-state index contributed by atoms with van der Waals surface area (Å²) >= 11 is 3.64. The van der Waals surface area contributed by atoms with E-state index in [2.05, 4.69) is 101 Å². The SMILES string of the molecule is CCOC(=O)CC(c1cc(C)cc(Br)c1)N(Cc1ccccc1)[C@H](C)c1ccccc1. The summed E-state index contributed by atoms with van der Waals surface area (Å²) in [6.45, 7) is 7.26. The zero-order valence-corrected chi connectivity index (χ0v) is 20.0. The number of benzene rings is 3. The maximum atomic E-state index is 12.7. The molecule has 3 rings (SSSR count). The molecule has 3 nitrogen and oxygen atoms in total. The number of carbonyl (C=O) groups excluding carboxylic acids is 1. The van der Waals surface area contributed by atoms with Gasteiger partial charge in [-0.25, -0.2) is 0 Å². The molecule has 0 aliphatic rings. The van der Waals surface area contributed by atoms with Crippen molar-refractivity contribution in [2.24, 2.45) is 0 Å². The van der Waals surface area contributed by atoms with Gasteiger partial charge in [-0.3, -0.25) is 9.69 Å². The number of nitrogens with zero attached hydrogens (tertiary/aromatic N) is 1. The molecule has 31 heavy (non-hydrogen) atoms. The third-order valence-electron chi connectivity index (χ3n) is 5.50. The molecule has 0 aromatic heterocycles. The second kappa shape index (κ2) is 11.3. The standard InChI is InChI=1S/C27H30BrNO2/c1-4-31-27(30)18-26(24-15-20(2)16-25(28)17-24)29(19-22-11-7-5-8-12-22)21(3)23-13-9-6-10-14-23/h5-17,21,26H,4,18-19H2,1-3H3/t21-,26?/m1/s1. The Morgan fingerprint density at radius 2 is 1.61 bits per heavy atom. The normalized spacial score (nSPS) is 13.1. The summed E-state index contributed by atoms with van der Waals surface area (Å²) in [5.41, 5.74) is 4.70. The minimum atomic E-state index is -0.177. The molecule has 162 valence electrons. The van der Waals surface area contributed by atoms with Crippen LogP contribution < -0.4 is 0 Å². The van der Waals surface area contributed by atoms with E-state index in [0.29, 0.717) is 13.0 Å². The van der Waals surface area contributed by atoms with E-state index in [-0.39, 0.29) is 18.1 Å². The molecule has 0 spiro atoms. The molecule has 0 radical (unpaired) electrons. The quantitative estimate of drug-likeness (QED) is 0.309. The average molecular weight is 480 g/mol. The first kappa shape index (κ1) is 23.2. The third kappa shape index (κ3) is 6.52. The largest absolute Gasteiger partial charge is 0.466 e. The van der Waals surface area contributed by atoms with E-state index in [1.54, 1.807) is 0 Å². The van der Waals surface area contributed by atoms with Gasteiger partial charge < -0.3 is 4.74 Å². The number of rotatable bonds is 9. The number of aryl methyl sites for hydroxylation is 1. The fourth-order valence-electron chi connectivity index (χ4n) is 4.00. The smallest absolute Gasteiger partial charge is 0.307 e. The van der Waals surface area contributed by atoms with Crippen LogP contribution in [0, 0.1) is 6.92 Å². The molecule has 0 N–H and O–H groups in total. The molecule has 0 amide bonds. The molecule has 4 heteroatoms. The van der Waals surface area contributed by atoms with Crippen LogP contribution in [0.3, 0.4) is 0 Å². The van der Waals surface area contributed by atoms with E-state index in [1.807, 2.05) is 19.1 Å². The topological polar surface area (TPSA) is 29.5 Å². The number of hydrogen-bond donors (Lipinski definition) is 0. The molecule has 3 aromatic carbocycles. The third-order valence-corrected chi connectivity index (χ3v) is 5.96. The molecule has 0 saturated carbocycles. The van der Waals surface area contributed by atoms with Gasteiger partial charge in [0.15, 0.2) is 0 Å². The van der Waals surface area contributed by atoms with Gasteiger partial charge in [-0.2, -0.15) is 0 Å². The Hall–Kier alpha value is -2.43. The van der Waals surface area contributed by atoms with E-state index in [9.17, 15) is 4.79 Å². The summed E-state index contributed by atoms with van der Waals surface area (Å²) < 4.78 is 6.38. The minimum absolute atomic E-state index is 0.111. The molecule has 3 aromatic rings. The van der Waals surface area contributed by atoms with Crippen LogP contribution in [-0.4, -0.2) is 17.5 Å². The lowest BCUT2D eigenvalue weighted by Gasteiger charge is -2.37. The summed E-state index contributed by atoms with van der Waals surface area (Å²) in [5, 5.41) is 0. The van der Waals surface area contributed by atoms with E-state index >= 15 is 0 Å². The highest BCUT2D eigenvalue weighted by Gasteiger charge is 2.29. The molecule has 0 heterocycles. The molecule has 1 unspecified atom stereocenters. The first-order valence-electron chi connectivity index (χ1n) is 10.7. The Morgan fingerprint density at radius 3 is 2.23 bits per heavy atom. The van der Waals surface area contributed by atoms with E-state index in [4.69, 9.17) is 4.74 Å². The zero-order chi connectivity index (χ0) is 22.2. The fourth-order valence-corrected chi connectivity index (χ4v) is 4.62. The maximum Gasteiger partial charge on any atom is 0.307 e. The van der Waals surface area contributed by atoms with Crippen LogP contribution in [0.1, 0.15) is 54.6 Å². The highest BCUT2D eigenvalue weighted by Crippen LogP contribution is 2.36. The Kier molecular flexibility index (Phi) is 8.44. The van der Waals surface area contributed by atoms with Gasteiger partial charge in [-0.15, -0.1) is 0 Å². The van der Waals surface area contributed by atoms with Crippen LogP contribution in [0.25, 0.3) is 0 Å². The number of carbonyl (C=O) groups is 1. The van der Waals surface area contributed by atoms with Crippen LogP contribution in [-0.2, 0) is 16.1 Å². The fraction of sp³-hybridized carbons (Fsp3) is 0.296. The lowest BCUT2D eigenvalue weighted by atomic mass is 9.95. The molecule has 2 atom stereocenters. The van der Waals surface area contributed by atoms with E-state index in [0.717, 1.165) is 22.1 Å². The van der Waals surface area contributed by atoms with Crippen LogP contribution in [0.2, 0.25) is 0 Å². The summed E-state index contributed by atoms with van der Waals surface area (Å²) in [7, 11) is 0. The van der Waals surface area contributed by atoms with Gasteiger partial charge in [0.2, 0.25) is 0 Å². The summed E-state index contributed by atoms with van der Waals surface area (Å²) in [5.74, 6) is -0.177. The summed E-state index contributed by atoms with van der Waals surface area (Å²) in [6.07, 6.45) is 0.299. The van der Waals surface area contributed by atoms with Crippen LogP contribution in [0.5, 0.6) is 0 Å². The second-order valence-electron chi connectivity index (χ2n) is 7.83. The highest BCUT2D eigenvalue weighted by molar-refractivity contribution is 9.10. The van der Waals surface area contributed by atoms with Gasteiger partial charge in [-0.05, 0) is 55.2 Å². The van der Waals surface area contributed by atoms with Crippen LogP contribution in [0.15, 0.2) is 83.3 Å². The van der Waals surface area contributed by atoms with Gasteiger partial charge in [0.1, 0.15) is 0 Å². The van der Waals surface area contributed by atoms with Crippen molar-refractivity contribution in [1.82, 2.24) is 4.90 Å². The van der Waals surface area contributed by atoms with Gasteiger partial charge in [0.25, 0.3) is 0 Å². The van der Waals surface area contributed by atoms with Crippen molar-refractivity contribution in [3.63, 3.8) is 0 Å². The predicted molar refractivity (Wildman–Crippen MR) is 130 cm³/mol. The van der Waals surface area contributed by atoms with Gasteiger partial charge in [0, 0.05) is 23.1 Å². The van der Waals surface area contributed by atoms with Gasteiger partial charge in [0.05, 0.1) is 13.0 Å². The Labute approximate surface area is 194 Å². The summed E-state index contributed by atoms with van der Waals surface area (Å²) in [4.78, 5) is 15.1. The van der Waals surface area contributed by atoms with Crippen molar-refractivity contribution in [2.75, 3.05) is 6.61 Å². The summed E-state index contributed by atoms with van der Waals surface area (Å²) in [6, 6.07) is 27.3. The van der Waals surface area contributed by atoms with Crippen molar-refractivity contribution in [3.8, 4) is 0 Å². The minimum Gasteiger partial charge on any atom is -0.466 e. The molecule has 0 fully saturated rings. The molecular weight excluding hydrogens is 450 g/mol. The highest BCUT2D eigenvalue weighted by atomic mass is 79.9. The average Bonchev–Trinajstić information content (AvgIpc) is 2.76. The molecule has 0 aliphatic heterocycles. The first-order chi connectivity index (χ1) is 15.0. The van der Waals surface area contributed by atoms with Gasteiger partial charge >= 0.3 is 5.97 Å². The Balaban J connectivity index is 2.06. The lowest BCUT2D eigenvalue weighted by Crippen LogP contribution is -2.33. The van der Waals surface area contributed by atoms with Crippen LogP contribution >= 0.6 is 15.9 Å². The number of hydrogen-bond acceptors (Lipinski definition) is 3. The van der Waals surface area contributed by atoms with E-state index in [1.165, 1.54) is 11.1 Å². The Morgan fingerprint density at radius 1 is 0.968 bits per heavy atom. The molecule has 0 saturated heterocycles. The molecule has 0 aliphatic carbocycles. The van der Waals surface area contributed by atoms with E-state index < -0.39 is 0 Å². The number of esters is 1. The predicted octanol–water partition coefficient (Wildman–Crippen LogP) is 7.02. The van der Waals surface area contributed by atoms with Crippen molar-refractivity contribution < 1.29 is 9.53 Å². The maximum absolute atomic E-state index is 12.7. The Bertz CT molecular complexity index is 955. The van der Waals surface area contributed by atoms with Crippen molar-refractivity contribution in [2.45, 2.75) is 45.8 Å². The van der Waals surface area contributed by atoms with Crippen LogP contribution in [0.4, 0.5) is 0 Å².